The third-order valence-electron chi connectivity index (χ3n) is 2.49. The van der Waals surface area contributed by atoms with Crippen molar-refractivity contribution in [3.8, 4) is 0 Å². The van der Waals surface area contributed by atoms with Crippen LogP contribution in [0.15, 0.2) is 30.3 Å². The maximum atomic E-state index is 11.0. The van der Waals surface area contributed by atoms with Gasteiger partial charge in [-0.1, -0.05) is 30.3 Å². The fourth-order valence-electron chi connectivity index (χ4n) is 1.60. The van der Waals surface area contributed by atoms with E-state index < -0.39 is 17.9 Å². The van der Waals surface area contributed by atoms with Crippen LogP contribution < -0.4 is 5.73 Å². The van der Waals surface area contributed by atoms with Crippen molar-refractivity contribution in [1.29, 1.82) is 0 Å². The number of likely N-dealkylation sites (N-methyl/N-ethyl adjacent to an activating group) is 1. The van der Waals surface area contributed by atoms with E-state index in [1.54, 1.807) is 11.9 Å². The zero-order valence-corrected chi connectivity index (χ0v) is 9.67. The van der Waals surface area contributed by atoms with Crippen molar-refractivity contribution in [1.82, 2.24) is 4.90 Å². The van der Waals surface area contributed by atoms with E-state index in [0.717, 1.165) is 5.56 Å². The van der Waals surface area contributed by atoms with Crippen LogP contribution in [0, 0.1) is 0 Å². The van der Waals surface area contributed by atoms with E-state index in [9.17, 15) is 9.59 Å². The zero-order chi connectivity index (χ0) is 12.8. The molecule has 0 spiro atoms. The number of primary amides is 1. The number of hydrogen-bond donors (Lipinski definition) is 2. The highest BCUT2D eigenvalue weighted by Gasteiger charge is 2.24. The Labute approximate surface area is 99.8 Å². The van der Waals surface area contributed by atoms with Gasteiger partial charge in [-0.05, 0) is 12.6 Å². The van der Waals surface area contributed by atoms with E-state index in [0.29, 0.717) is 6.54 Å². The van der Waals surface area contributed by atoms with Gasteiger partial charge in [0.15, 0.2) is 0 Å². The van der Waals surface area contributed by atoms with Crippen LogP contribution in [-0.2, 0) is 16.1 Å². The highest BCUT2D eigenvalue weighted by atomic mass is 16.4. The second-order valence-electron chi connectivity index (χ2n) is 3.93. The summed E-state index contributed by atoms with van der Waals surface area (Å²) in [5.74, 6) is -1.65. The summed E-state index contributed by atoms with van der Waals surface area (Å²) in [5, 5.41) is 9.02. The maximum absolute atomic E-state index is 11.0. The molecule has 0 aliphatic carbocycles. The van der Waals surface area contributed by atoms with E-state index in [2.05, 4.69) is 0 Å². The molecule has 1 aromatic rings. The van der Waals surface area contributed by atoms with Gasteiger partial charge in [-0.3, -0.25) is 14.5 Å². The van der Waals surface area contributed by atoms with Gasteiger partial charge in [0.25, 0.3) is 0 Å². The largest absolute Gasteiger partial charge is 0.480 e. The van der Waals surface area contributed by atoms with E-state index in [1.807, 2.05) is 30.3 Å². The smallest absolute Gasteiger partial charge is 0.321 e. The number of benzene rings is 1. The number of carboxylic acid groups (broad SMARTS) is 1. The average Bonchev–Trinajstić information content (AvgIpc) is 2.26. The molecular weight excluding hydrogens is 220 g/mol. The molecule has 5 nitrogen and oxygen atoms in total. The van der Waals surface area contributed by atoms with Crippen LogP contribution in [0.3, 0.4) is 0 Å². The molecule has 0 saturated carbocycles. The first-order valence-corrected chi connectivity index (χ1v) is 5.26. The van der Waals surface area contributed by atoms with Crippen LogP contribution in [0.4, 0.5) is 0 Å². The second kappa shape index (κ2) is 6.00. The van der Waals surface area contributed by atoms with Crippen molar-refractivity contribution in [2.45, 2.75) is 19.0 Å². The number of aliphatic carboxylic acids is 1. The standard InChI is InChI=1S/C12H16N2O3/c1-14(8-9-5-3-2-4-6-9)10(12(16)17)7-11(13)15/h2-6,10H,7-8H2,1H3,(H2,13,15)(H,16,17). The Hall–Kier alpha value is -1.88. The Morgan fingerprint density at radius 1 is 1.35 bits per heavy atom. The minimum Gasteiger partial charge on any atom is -0.480 e. The number of nitrogens with two attached hydrogens (primary N) is 1. The molecule has 0 fully saturated rings. The highest BCUT2D eigenvalue weighted by molar-refractivity contribution is 5.83. The third kappa shape index (κ3) is 4.24. The van der Waals surface area contributed by atoms with Crippen LogP contribution in [0.2, 0.25) is 0 Å². The van der Waals surface area contributed by atoms with E-state index in [1.165, 1.54) is 0 Å². The first-order chi connectivity index (χ1) is 8.00. The number of hydrogen-bond acceptors (Lipinski definition) is 3. The molecular formula is C12H16N2O3. The van der Waals surface area contributed by atoms with Crippen molar-refractivity contribution in [3.05, 3.63) is 35.9 Å². The number of rotatable bonds is 6. The highest BCUT2D eigenvalue weighted by Crippen LogP contribution is 2.08. The molecule has 92 valence electrons. The Morgan fingerprint density at radius 3 is 2.41 bits per heavy atom. The van der Waals surface area contributed by atoms with Crippen LogP contribution in [0.1, 0.15) is 12.0 Å². The molecule has 0 radical (unpaired) electrons. The molecule has 5 heteroatoms. The average molecular weight is 236 g/mol. The minimum absolute atomic E-state index is 0.182. The number of carbonyl (C=O) groups is 2. The Balaban J connectivity index is 2.68. The Bertz CT molecular complexity index is 392. The first-order valence-electron chi connectivity index (χ1n) is 5.26. The SMILES string of the molecule is CN(Cc1ccccc1)C(CC(N)=O)C(=O)O. The van der Waals surface area contributed by atoms with Crippen LogP contribution >= 0.6 is 0 Å². The summed E-state index contributed by atoms with van der Waals surface area (Å²) in [6.07, 6.45) is -0.182. The summed E-state index contributed by atoms with van der Waals surface area (Å²) in [4.78, 5) is 23.4. The van der Waals surface area contributed by atoms with Gasteiger partial charge >= 0.3 is 5.97 Å². The molecule has 1 aromatic carbocycles. The summed E-state index contributed by atoms with van der Waals surface area (Å²) < 4.78 is 0. The fourth-order valence-corrected chi connectivity index (χ4v) is 1.60. The molecule has 1 amide bonds. The second-order valence-corrected chi connectivity index (χ2v) is 3.93. The van der Waals surface area contributed by atoms with Crippen molar-refractivity contribution in [2.24, 2.45) is 5.73 Å². The molecule has 0 bridgehead atoms. The molecule has 0 saturated heterocycles. The minimum atomic E-state index is -1.04. The molecule has 0 aliphatic heterocycles. The first kappa shape index (κ1) is 13.2. The molecule has 1 unspecified atom stereocenters. The van der Waals surface area contributed by atoms with Crippen LogP contribution in [0.25, 0.3) is 0 Å². The maximum Gasteiger partial charge on any atom is 0.321 e. The van der Waals surface area contributed by atoms with Gasteiger partial charge in [0.2, 0.25) is 5.91 Å². The fraction of sp³-hybridized carbons (Fsp3) is 0.333. The lowest BCUT2D eigenvalue weighted by Crippen LogP contribution is -2.40. The lowest BCUT2D eigenvalue weighted by atomic mass is 10.1. The Kier molecular flexibility index (Phi) is 4.66. The molecule has 0 aromatic heterocycles. The normalized spacial score (nSPS) is 12.4. The topological polar surface area (TPSA) is 83.6 Å². The number of carboxylic acids is 1. The molecule has 1 atom stereocenters. The van der Waals surface area contributed by atoms with Crippen LogP contribution in [-0.4, -0.2) is 35.0 Å². The van der Waals surface area contributed by atoms with Gasteiger partial charge in [-0.15, -0.1) is 0 Å². The number of amides is 1. The molecule has 0 aliphatic rings. The number of nitrogens with zero attached hydrogens (tertiary/aromatic N) is 1. The molecule has 0 heterocycles. The van der Waals surface area contributed by atoms with Crippen molar-refractivity contribution in [2.75, 3.05) is 7.05 Å². The summed E-state index contributed by atoms with van der Waals surface area (Å²) in [6, 6.07) is 8.58. The van der Waals surface area contributed by atoms with Crippen molar-refractivity contribution >= 4 is 11.9 Å². The predicted molar refractivity (Wildman–Crippen MR) is 63.1 cm³/mol. The molecule has 1 rings (SSSR count). The monoisotopic (exact) mass is 236 g/mol. The van der Waals surface area contributed by atoms with Gasteiger partial charge in [0.1, 0.15) is 6.04 Å². The quantitative estimate of drug-likeness (QED) is 0.751. The Morgan fingerprint density at radius 2 is 1.94 bits per heavy atom. The lowest BCUT2D eigenvalue weighted by molar-refractivity contribution is -0.145. The number of carbonyl (C=O) groups excluding carboxylic acids is 1. The third-order valence-corrected chi connectivity index (χ3v) is 2.49. The van der Waals surface area contributed by atoms with Crippen molar-refractivity contribution in [3.63, 3.8) is 0 Å². The summed E-state index contributed by atoms with van der Waals surface area (Å²) >= 11 is 0. The summed E-state index contributed by atoms with van der Waals surface area (Å²) in [7, 11) is 1.66. The van der Waals surface area contributed by atoms with Gasteiger partial charge in [-0.2, -0.15) is 0 Å². The molecule has 3 N–H and O–H groups in total. The zero-order valence-electron chi connectivity index (χ0n) is 9.67. The summed E-state index contributed by atoms with van der Waals surface area (Å²) in [5.41, 5.74) is 6.02. The predicted octanol–water partition coefficient (Wildman–Crippen LogP) is 0.447. The van der Waals surface area contributed by atoms with E-state index >= 15 is 0 Å². The lowest BCUT2D eigenvalue weighted by Gasteiger charge is -2.23. The van der Waals surface area contributed by atoms with Gasteiger partial charge in [0.05, 0.1) is 6.42 Å². The van der Waals surface area contributed by atoms with Crippen molar-refractivity contribution < 1.29 is 14.7 Å². The molecule has 17 heavy (non-hydrogen) atoms. The van der Waals surface area contributed by atoms with Gasteiger partial charge in [0, 0.05) is 6.54 Å². The van der Waals surface area contributed by atoms with E-state index in [4.69, 9.17) is 10.8 Å². The van der Waals surface area contributed by atoms with Crippen LogP contribution in [0.5, 0.6) is 0 Å². The summed E-state index contributed by atoms with van der Waals surface area (Å²) in [6.45, 7) is 0.463. The van der Waals surface area contributed by atoms with E-state index in [-0.39, 0.29) is 6.42 Å². The van der Waals surface area contributed by atoms with Gasteiger partial charge < -0.3 is 10.8 Å². The van der Waals surface area contributed by atoms with Gasteiger partial charge in [-0.25, -0.2) is 0 Å².